The van der Waals surface area contributed by atoms with Gasteiger partial charge in [0.2, 0.25) is 5.91 Å². The lowest BCUT2D eigenvalue weighted by molar-refractivity contribution is -0.133. The number of nitrogens with zero attached hydrogens (tertiary/aromatic N) is 1. The molecule has 19 heavy (non-hydrogen) atoms. The number of halogens is 1. The molecule has 104 valence electrons. The maximum atomic E-state index is 13.6. The first-order valence-electron chi connectivity index (χ1n) is 6.94. The Balaban J connectivity index is 2.03. The summed E-state index contributed by atoms with van der Waals surface area (Å²) < 4.78 is 13.6. The summed E-state index contributed by atoms with van der Waals surface area (Å²) in [7, 11) is 0. The van der Waals surface area contributed by atoms with Crippen LogP contribution in [0.25, 0.3) is 0 Å². The number of fused-ring (bicyclic) bond motifs is 1. The highest BCUT2D eigenvalue weighted by molar-refractivity contribution is 5.81. The van der Waals surface area contributed by atoms with Gasteiger partial charge in [0.15, 0.2) is 0 Å². The van der Waals surface area contributed by atoms with Gasteiger partial charge in [-0.2, -0.15) is 0 Å². The van der Waals surface area contributed by atoms with Gasteiger partial charge in [-0.1, -0.05) is 31.9 Å². The van der Waals surface area contributed by atoms with Gasteiger partial charge in [0.1, 0.15) is 5.82 Å². The van der Waals surface area contributed by atoms with E-state index in [4.69, 9.17) is 5.73 Å². The van der Waals surface area contributed by atoms with Gasteiger partial charge >= 0.3 is 0 Å². The van der Waals surface area contributed by atoms with E-state index in [1.807, 2.05) is 6.07 Å². The normalized spacial score (nSPS) is 16.1. The zero-order valence-electron chi connectivity index (χ0n) is 11.4. The third-order valence-electron chi connectivity index (χ3n) is 3.71. The average molecular weight is 264 g/mol. The Bertz CT molecular complexity index is 461. The van der Waals surface area contributed by atoms with E-state index in [1.54, 1.807) is 11.0 Å². The standard InChI is InChI=1S/C15H21FN2O/c1-2-3-7-14(17)15(19)18-9-8-12-11(10-18)5-4-6-13(12)16/h4-6,14H,2-3,7-10,17H2,1H3/t14-/m1/s1. The molecule has 0 bridgehead atoms. The fourth-order valence-electron chi connectivity index (χ4n) is 2.53. The Morgan fingerprint density at radius 3 is 3.05 bits per heavy atom. The molecule has 0 aromatic heterocycles. The van der Waals surface area contributed by atoms with Crippen molar-refractivity contribution in [2.45, 2.75) is 45.2 Å². The zero-order chi connectivity index (χ0) is 13.8. The molecule has 0 saturated heterocycles. The first-order chi connectivity index (χ1) is 9.13. The summed E-state index contributed by atoms with van der Waals surface area (Å²) in [6, 6.07) is 4.63. The van der Waals surface area contributed by atoms with Crippen LogP contribution in [0.1, 0.15) is 37.3 Å². The topological polar surface area (TPSA) is 46.3 Å². The molecule has 2 rings (SSSR count). The molecule has 3 nitrogen and oxygen atoms in total. The number of unbranched alkanes of at least 4 members (excludes halogenated alkanes) is 1. The minimum absolute atomic E-state index is 0.0108. The summed E-state index contributed by atoms with van der Waals surface area (Å²) >= 11 is 0. The lowest BCUT2D eigenvalue weighted by Gasteiger charge is -2.31. The summed E-state index contributed by atoms with van der Waals surface area (Å²) in [4.78, 5) is 14.0. The van der Waals surface area contributed by atoms with Crippen molar-refractivity contribution in [3.05, 3.63) is 35.1 Å². The number of amides is 1. The third kappa shape index (κ3) is 3.13. The van der Waals surface area contributed by atoms with Gasteiger partial charge in [-0.05, 0) is 30.0 Å². The van der Waals surface area contributed by atoms with E-state index in [1.165, 1.54) is 6.07 Å². The van der Waals surface area contributed by atoms with Gasteiger partial charge in [0.05, 0.1) is 6.04 Å². The highest BCUT2D eigenvalue weighted by Gasteiger charge is 2.25. The predicted octanol–water partition coefficient (Wildman–Crippen LogP) is 2.23. The van der Waals surface area contributed by atoms with E-state index in [2.05, 4.69) is 6.92 Å². The quantitative estimate of drug-likeness (QED) is 0.906. The first-order valence-corrected chi connectivity index (χ1v) is 6.94. The summed E-state index contributed by atoms with van der Waals surface area (Å²) in [5, 5.41) is 0. The van der Waals surface area contributed by atoms with E-state index in [0.717, 1.165) is 30.4 Å². The molecule has 1 heterocycles. The van der Waals surface area contributed by atoms with E-state index < -0.39 is 6.04 Å². The molecule has 4 heteroatoms. The lowest BCUT2D eigenvalue weighted by Crippen LogP contribution is -2.45. The number of hydrogen-bond acceptors (Lipinski definition) is 2. The Labute approximate surface area is 113 Å². The molecule has 0 fully saturated rings. The molecular weight excluding hydrogens is 243 g/mol. The van der Waals surface area contributed by atoms with Crippen LogP contribution in [0.3, 0.4) is 0 Å². The molecular formula is C15H21FN2O. The van der Waals surface area contributed by atoms with Crippen LogP contribution in [0.2, 0.25) is 0 Å². The van der Waals surface area contributed by atoms with Crippen LogP contribution in [0, 0.1) is 5.82 Å². The van der Waals surface area contributed by atoms with Gasteiger partial charge in [-0.15, -0.1) is 0 Å². The van der Waals surface area contributed by atoms with Crippen molar-refractivity contribution in [1.82, 2.24) is 4.90 Å². The van der Waals surface area contributed by atoms with Crippen molar-refractivity contribution in [1.29, 1.82) is 0 Å². The van der Waals surface area contributed by atoms with Gasteiger partial charge in [0.25, 0.3) is 0 Å². The van der Waals surface area contributed by atoms with Crippen molar-refractivity contribution in [3.8, 4) is 0 Å². The molecule has 0 radical (unpaired) electrons. The molecule has 0 saturated carbocycles. The molecule has 1 amide bonds. The fraction of sp³-hybridized carbons (Fsp3) is 0.533. The van der Waals surface area contributed by atoms with E-state index in [9.17, 15) is 9.18 Å². The van der Waals surface area contributed by atoms with Crippen molar-refractivity contribution in [2.24, 2.45) is 5.73 Å². The minimum Gasteiger partial charge on any atom is -0.337 e. The highest BCUT2D eigenvalue weighted by atomic mass is 19.1. The minimum atomic E-state index is -0.421. The monoisotopic (exact) mass is 264 g/mol. The summed E-state index contributed by atoms with van der Waals surface area (Å²) in [5.74, 6) is -0.178. The van der Waals surface area contributed by atoms with E-state index in [0.29, 0.717) is 19.5 Å². The van der Waals surface area contributed by atoms with Crippen LogP contribution in [0.15, 0.2) is 18.2 Å². The first kappa shape index (κ1) is 14.0. The van der Waals surface area contributed by atoms with Crippen LogP contribution < -0.4 is 5.73 Å². The van der Waals surface area contributed by atoms with Crippen LogP contribution in [-0.4, -0.2) is 23.4 Å². The van der Waals surface area contributed by atoms with Crippen LogP contribution >= 0.6 is 0 Å². The average Bonchev–Trinajstić information content (AvgIpc) is 2.43. The van der Waals surface area contributed by atoms with Crippen molar-refractivity contribution in [3.63, 3.8) is 0 Å². The number of hydrogen-bond donors (Lipinski definition) is 1. The van der Waals surface area contributed by atoms with E-state index >= 15 is 0 Å². The van der Waals surface area contributed by atoms with Crippen molar-refractivity contribution in [2.75, 3.05) is 6.54 Å². The van der Waals surface area contributed by atoms with Crippen molar-refractivity contribution < 1.29 is 9.18 Å². The fourth-order valence-corrected chi connectivity index (χ4v) is 2.53. The number of rotatable bonds is 4. The number of carbonyl (C=O) groups is 1. The second-order valence-corrected chi connectivity index (χ2v) is 5.14. The van der Waals surface area contributed by atoms with Gasteiger partial charge < -0.3 is 10.6 Å². The number of carbonyl (C=O) groups excluding carboxylic acids is 1. The maximum Gasteiger partial charge on any atom is 0.239 e. The second-order valence-electron chi connectivity index (χ2n) is 5.14. The maximum absolute atomic E-state index is 13.6. The Morgan fingerprint density at radius 2 is 2.32 bits per heavy atom. The molecule has 1 aliphatic rings. The Kier molecular flexibility index (Phi) is 4.53. The molecule has 1 aromatic rings. The lowest BCUT2D eigenvalue weighted by atomic mass is 9.98. The molecule has 0 aliphatic carbocycles. The Hall–Kier alpha value is -1.42. The third-order valence-corrected chi connectivity index (χ3v) is 3.71. The SMILES string of the molecule is CCCC[C@@H](N)C(=O)N1CCc2c(F)cccc2C1. The largest absolute Gasteiger partial charge is 0.337 e. The van der Waals surface area contributed by atoms with Gasteiger partial charge in [0, 0.05) is 13.1 Å². The predicted molar refractivity (Wildman–Crippen MR) is 73.0 cm³/mol. The molecule has 1 aliphatic heterocycles. The molecule has 0 spiro atoms. The molecule has 0 unspecified atom stereocenters. The van der Waals surface area contributed by atoms with E-state index in [-0.39, 0.29) is 11.7 Å². The van der Waals surface area contributed by atoms with Crippen molar-refractivity contribution >= 4 is 5.91 Å². The smallest absolute Gasteiger partial charge is 0.239 e. The second kappa shape index (κ2) is 6.15. The van der Waals surface area contributed by atoms with Gasteiger partial charge in [-0.3, -0.25) is 4.79 Å². The van der Waals surface area contributed by atoms with Crippen LogP contribution in [0.5, 0.6) is 0 Å². The zero-order valence-corrected chi connectivity index (χ0v) is 11.4. The van der Waals surface area contributed by atoms with Crippen LogP contribution in [0.4, 0.5) is 4.39 Å². The number of benzene rings is 1. The number of nitrogens with two attached hydrogens (primary N) is 1. The Morgan fingerprint density at radius 1 is 1.53 bits per heavy atom. The summed E-state index contributed by atoms with van der Waals surface area (Å²) in [5.41, 5.74) is 7.57. The molecule has 1 atom stereocenters. The molecule has 2 N–H and O–H groups in total. The molecule has 1 aromatic carbocycles. The summed E-state index contributed by atoms with van der Waals surface area (Å²) in [6.45, 7) is 3.12. The van der Waals surface area contributed by atoms with Crippen LogP contribution in [-0.2, 0) is 17.8 Å². The summed E-state index contributed by atoms with van der Waals surface area (Å²) in [6.07, 6.45) is 3.30. The highest BCUT2D eigenvalue weighted by Crippen LogP contribution is 2.22. The van der Waals surface area contributed by atoms with Gasteiger partial charge in [-0.25, -0.2) is 4.39 Å².